The normalized spacial score (nSPS) is 11.3. The molecule has 0 aliphatic rings. The SMILES string of the molecule is CC(C)c1ccc(N(CC(=O)NCCOc2ccccc2)S(C)(=O)=O)cc1. The number of amides is 1. The average molecular weight is 391 g/mol. The fraction of sp³-hybridized carbons (Fsp3) is 0.350. The standard InChI is InChI=1S/C20H26N2O4S/c1-16(2)17-9-11-18(12-10-17)22(27(3,24)25)15-20(23)21-13-14-26-19-7-5-4-6-8-19/h4-12,16H,13-15H2,1-3H3,(H,21,23). The molecule has 2 rings (SSSR count). The lowest BCUT2D eigenvalue weighted by molar-refractivity contribution is -0.119. The van der Waals surface area contributed by atoms with Crippen LogP contribution in [0.5, 0.6) is 5.75 Å². The predicted molar refractivity (Wildman–Crippen MR) is 108 cm³/mol. The lowest BCUT2D eigenvalue weighted by Gasteiger charge is -2.22. The van der Waals surface area contributed by atoms with Crippen molar-refractivity contribution in [3.63, 3.8) is 0 Å². The molecule has 2 aromatic rings. The van der Waals surface area contributed by atoms with Gasteiger partial charge in [0.1, 0.15) is 18.9 Å². The summed E-state index contributed by atoms with van der Waals surface area (Å²) in [7, 11) is -3.58. The largest absolute Gasteiger partial charge is 0.492 e. The molecule has 146 valence electrons. The Bertz CT molecular complexity index is 834. The van der Waals surface area contributed by atoms with Crippen LogP contribution in [-0.4, -0.2) is 40.3 Å². The van der Waals surface area contributed by atoms with Crippen molar-refractivity contribution in [3.05, 3.63) is 60.2 Å². The minimum absolute atomic E-state index is 0.273. The van der Waals surface area contributed by atoms with Crippen molar-refractivity contribution < 1.29 is 17.9 Å². The molecule has 0 aromatic heterocycles. The average Bonchev–Trinajstić information content (AvgIpc) is 2.63. The monoisotopic (exact) mass is 390 g/mol. The highest BCUT2D eigenvalue weighted by Gasteiger charge is 2.20. The number of anilines is 1. The molecule has 0 spiro atoms. The van der Waals surface area contributed by atoms with Crippen LogP contribution in [0.1, 0.15) is 25.3 Å². The van der Waals surface area contributed by atoms with Gasteiger partial charge in [0, 0.05) is 0 Å². The number of rotatable bonds is 9. The fourth-order valence-electron chi connectivity index (χ4n) is 2.49. The first-order valence-electron chi connectivity index (χ1n) is 8.79. The second-order valence-electron chi connectivity index (χ2n) is 6.53. The predicted octanol–water partition coefficient (Wildman–Crippen LogP) is 2.77. The maximum atomic E-state index is 12.2. The van der Waals surface area contributed by atoms with Crippen LogP contribution in [0.2, 0.25) is 0 Å². The van der Waals surface area contributed by atoms with Crippen molar-refractivity contribution in [1.82, 2.24) is 5.32 Å². The van der Waals surface area contributed by atoms with Crippen LogP contribution in [0, 0.1) is 0 Å². The number of sulfonamides is 1. The highest BCUT2D eigenvalue weighted by atomic mass is 32.2. The van der Waals surface area contributed by atoms with Crippen LogP contribution in [0.4, 0.5) is 5.69 Å². The van der Waals surface area contributed by atoms with Crippen molar-refractivity contribution in [3.8, 4) is 5.75 Å². The van der Waals surface area contributed by atoms with Gasteiger partial charge in [0.25, 0.3) is 0 Å². The van der Waals surface area contributed by atoms with E-state index in [4.69, 9.17) is 4.74 Å². The summed E-state index contributed by atoms with van der Waals surface area (Å²) in [6.07, 6.45) is 1.09. The molecular weight excluding hydrogens is 364 g/mol. The van der Waals surface area contributed by atoms with E-state index >= 15 is 0 Å². The van der Waals surface area contributed by atoms with Gasteiger partial charge in [-0.25, -0.2) is 8.42 Å². The van der Waals surface area contributed by atoms with Gasteiger partial charge in [-0.05, 0) is 35.7 Å². The molecule has 0 heterocycles. The third kappa shape index (κ3) is 6.60. The molecular formula is C20H26N2O4S. The Hall–Kier alpha value is -2.54. The summed E-state index contributed by atoms with van der Waals surface area (Å²) in [6, 6.07) is 16.5. The number of para-hydroxylation sites is 1. The van der Waals surface area contributed by atoms with Gasteiger partial charge in [-0.2, -0.15) is 0 Å². The highest BCUT2D eigenvalue weighted by Crippen LogP contribution is 2.21. The molecule has 0 aliphatic carbocycles. The van der Waals surface area contributed by atoms with E-state index in [-0.39, 0.29) is 19.0 Å². The first-order chi connectivity index (χ1) is 12.8. The minimum Gasteiger partial charge on any atom is -0.492 e. The van der Waals surface area contributed by atoms with E-state index in [9.17, 15) is 13.2 Å². The van der Waals surface area contributed by atoms with E-state index in [1.807, 2.05) is 42.5 Å². The van der Waals surface area contributed by atoms with Gasteiger partial charge < -0.3 is 10.1 Å². The Kier molecular flexibility index (Phi) is 7.24. The van der Waals surface area contributed by atoms with E-state index in [2.05, 4.69) is 19.2 Å². The van der Waals surface area contributed by atoms with Crippen LogP contribution in [-0.2, 0) is 14.8 Å². The van der Waals surface area contributed by atoms with Gasteiger partial charge in [-0.15, -0.1) is 0 Å². The number of nitrogens with one attached hydrogen (secondary N) is 1. The molecule has 0 radical (unpaired) electrons. The summed E-state index contributed by atoms with van der Waals surface area (Å²) in [5.74, 6) is 0.679. The first kappa shape index (κ1) is 20.8. The third-order valence-corrected chi connectivity index (χ3v) is 5.11. The van der Waals surface area contributed by atoms with Crippen LogP contribution in [0.15, 0.2) is 54.6 Å². The Labute approximate surface area is 161 Å². The van der Waals surface area contributed by atoms with Gasteiger partial charge >= 0.3 is 0 Å². The summed E-state index contributed by atoms with van der Waals surface area (Å²) < 4.78 is 30.8. The molecule has 27 heavy (non-hydrogen) atoms. The van der Waals surface area contributed by atoms with Crippen molar-refractivity contribution in [2.45, 2.75) is 19.8 Å². The molecule has 1 N–H and O–H groups in total. The number of hydrogen-bond acceptors (Lipinski definition) is 4. The van der Waals surface area contributed by atoms with Crippen molar-refractivity contribution in [1.29, 1.82) is 0 Å². The molecule has 6 nitrogen and oxygen atoms in total. The molecule has 0 bridgehead atoms. The zero-order valence-corrected chi connectivity index (χ0v) is 16.7. The van der Waals surface area contributed by atoms with Crippen molar-refractivity contribution in [2.24, 2.45) is 0 Å². The quantitative estimate of drug-likeness (QED) is 0.668. The van der Waals surface area contributed by atoms with Gasteiger partial charge in [-0.1, -0.05) is 44.2 Å². The fourth-order valence-corrected chi connectivity index (χ4v) is 3.34. The lowest BCUT2D eigenvalue weighted by atomic mass is 10.0. The number of nitrogens with zero attached hydrogens (tertiary/aromatic N) is 1. The molecule has 0 unspecified atom stereocenters. The second kappa shape index (κ2) is 9.41. The summed E-state index contributed by atoms with van der Waals surface area (Å²) in [6.45, 7) is 4.45. The van der Waals surface area contributed by atoms with Gasteiger partial charge in [0.2, 0.25) is 15.9 Å². The molecule has 7 heteroatoms. The van der Waals surface area contributed by atoms with E-state index < -0.39 is 10.0 Å². The molecule has 0 saturated heterocycles. The van der Waals surface area contributed by atoms with E-state index in [1.165, 1.54) is 0 Å². The van der Waals surface area contributed by atoms with E-state index in [0.717, 1.165) is 21.9 Å². The lowest BCUT2D eigenvalue weighted by Crippen LogP contribution is -2.41. The smallest absolute Gasteiger partial charge is 0.240 e. The van der Waals surface area contributed by atoms with Crippen LogP contribution >= 0.6 is 0 Å². The van der Waals surface area contributed by atoms with Crippen LogP contribution in [0.25, 0.3) is 0 Å². The number of carbonyl (C=O) groups is 1. The minimum atomic E-state index is -3.58. The molecule has 2 aromatic carbocycles. The summed E-state index contributed by atoms with van der Waals surface area (Å²) in [4.78, 5) is 12.2. The number of carbonyl (C=O) groups excluding carboxylic acids is 1. The van der Waals surface area contributed by atoms with Gasteiger partial charge in [0.15, 0.2) is 0 Å². The Morgan fingerprint density at radius 3 is 2.26 bits per heavy atom. The van der Waals surface area contributed by atoms with Crippen molar-refractivity contribution >= 4 is 21.6 Å². The van der Waals surface area contributed by atoms with Crippen LogP contribution in [0.3, 0.4) is 0 Å². The highest BCUT2D eigenvalue weighted by molar-refractivity contribution is 7.92. The van der Waals surface area contributed by atoms with Gasteiger partial charge in [0.05, 0.1) is 18.5 Å². The molecule has 0 fully saturated rings. The Morgan fingerprint density at radius 1 is 1.07 bits per heavy atom. The third-order valence-electron chi connectivity index (χ3n) is 3.97. The zero-order valence-electron chi connectivity index (χ0n) is 15.9. The molecule has 0 aliphatic heterocycles. The van der Waals surface area contributed by atoms with E-state index in [1.54, 1.807) is 12.1 Å². The van der Waals surface area contributed by atoms with E-state index in [0.29, 0.717) is 18.2 Å². The molecule has 0 saturated carbocycles. The second-order valence-corrected chi connectivity index (χ2v) is 8.43. The summed E-state index contributed by atoms with van der Waals surface area (Å²) >= 11 is 0. The van der Waals surface area contributed by atoms with Crippen molar-refractivity contribution in [2.75, 3.05) is 30.3 Å². The first-order valence-corrected chi connectivity index (χ1v) is 10.6. The van der Waals surface area contributed by atoms with Gasteiger partial charge in [-0.3, -0.25) is 9.10 Å². The summed E-state index contributed by atoms with van der Waals surface area (Å²) in [5.41, 5.74) is 1.58. The van der Waals surface area contributed by atoms with Crippen LogP contribution < -0.4 is 14.4 Å². The number of ether oxygens (including phenoxy) is 1. The molecule has 1 amide bonds. The maximum absolute atomic E-state index is 12.2. The Morgan fingerprint density at radius 2 is 1.70 bits per heavy atom. The number of hydrogen-bond donors (Lipinski definition) is 1. The summed E-state index contributed by atoms with van der Waals surface area (Å²) in [5, 5.41) is 2.68. The zero-order chi connectivity index (χ0) is 19.9. The Balaban J connectivity index is 1.92. The maximum Gasteiger partial charge on any atom is 0.240 e. The molecule has 0 atom stereocenters. The topological polar surface area (TPSA) is 75.7 Å². The number of benzene rings is 2.